The maximum atomic E-state index is 12.8. The quantitative estimate of drug-likeness (QED) is 0.0195. The number of nitrogens with zero attached hydrogens (tertiary/aromatic N) is 1. The van der Waals surface area contributed by atoms with Gasteiger partial charge in [-0.1, -0.05) is 261 Å². The van der Waals surface area contributed by atoms with Gasteiger partial charge in [-0.05, 0) is 57.8 Å². The van der Waals surface area contributed by atoms with Crippen molar-refractivity contribution in [3.63, 3.8) is 0 Å². The van der Waals surface area contributed by atoms with Gasteiger partial charge in [-0.15, -0.1) is 0 Å². The van der Waals surface area contributed by atoms with Crippen molar-refractivity contribution in [2.24, 2.45) is 0 Å². The van der Waals surface area contributed by atoms with E-state index in [4.69, 9.17) is 18.5 Å². The Labute approximate surface area is 445 Å². The molecule has 0 saturated heterocycles. The monoisotopic (exact) mass is 1030 g/mol. The molecule has 2 atom stereocenters. The fourth-order valence-corrected chi connectivity index (χ4v) is 9.18. The largest absolute Gasteiger partial charge is 0.756 e. The molecular formula is C62H114NO8P. The Kier molecular flexibility index (Phi) is 51.8. The first-order chi connectivity index (χ1) is 35.0. The standard InChI is InChI=1S/C62H114NO8P/c1-6-8-10-12-14-16-18-20-22-24-25-26-27-28-29-30-31-32-33-34-35-36-37-39-41-43-45-47-49-51-53-55-62(65)71-60(59-70-72(66,67)69-57-56-63(3,4)5)58-68-61(64)54-52-50-48-46-44-42-40-38-23-21-19-17-15-13-11-9-7-2/h8,10,14,16,20,22,25-26,28-29,60H,6-7,9,11-13,15,17-19,21,23-24,27,30-59H2,1-5H3/b10-8-,16-14-,22-20-,26-25-,29-28-. The molecule has 0 fully saturated rings. The van der Waals surface area contributed by atoms with Gasteiger partial charge in [0.25, 0.3) is 7.82 Å². The van der Waals surface area contributed by atoms with Crippen molar-refractivity contribution in [1.82, 2.24) is 0 Å². The zero-order chi connectivity index (χ0) is 52.7. The molecule has 0 aliphatic carbocycles. The van der Waals surface area contributed by atoms with Crippen LogP contribution in [-0.4, -0.2) is 70.0 Å². The molecular weight excluding hydrogens is 918 g/mol. The number of rotatable bonds is 55. The Hall–Kier alpha value is -2.29. The molecule has 0 aromatic rings. The summed E-state index contributed by atoms with van der Waals surface area (Å²) in [6.45, 7) is 4.16. The third kappa shape index (κ3) is 57.0. The molecule has 2 unspecified atom stereocenters. The van der Waals surface area contributed by atoms with Crippen molar-refractivity contribution in [3.05, 3.63) is 60.8 Å². The molecule has 420 valence electrons. The molecule has 0 heterocycles. The van der Waals surface area contributed by atoms with Crippen molar-refractivity contribution >= 4 is 19.8 Å². The topological polar surface area (TPSA) is 111 Å². The number of allylic oxidation sites excluding steroid dienone is 10. The van der Waals surface area contributed by atoms with Crippen LogP contribution in [0.15, 0.2) is 60.8 Å². The lowest BCUT2D eigenvalue weighted by Gasteiger charge is -2.28. The van der Waals surface area contributed by atoms with Gasteiger partial charge in [0, 0.05) is 12.8 Å². The Morgan fingerprint density at radius 2 is 0.792 bits per heavy atom. The molecule has 72 heavy (non-hydrogen) atoms. The van der Waals surface area contributed by atoms with E-state index in [9.17, 15) is 19.0 Å². The van der Waals surface area contributed by atoms with Gasteiger partial charge in [0.1, 0.15) is 19.8 Å². The zero-order valence-corrected chi connectivity index (χ0v) is 48.5. The van der Waals surface area contributed by atoms with Crippen molar-refractivity contribution in [3.8, 4) is 0 Å². The normalized spacial score (nSPS) is 13.7. The summed E-state index contributed by atoms with van der Waals surface area (Å²) in [4.78, 5) is 37.9. The fourth-order valence-electron chi connectivity index (χ4n) is 8.45. The highest BCUT2D eigenvalue weighted by Gasteiger charge is 2.22. The molecule has 9 nitrogen and oxygen atoms in total. The van der Waals surface area contributed by atoms with Gasteiger partial charge in [0.2, 0.25) is 0 Å². The minimum absolute atomic E-state index is 0.0300. The van der Waals surface area contributed by atoms with E-state index < -0.39 is 26.5 Å². The molecule has 0 aliphatic rings. The first-order valence-corrected chi connectivity index (χ1v) is 31.5. The molecule has 0 aliphatic heterocycles. The van der Waals surface area contributed by atoms with E-state index in [2.05, 4.69) is 74.6 Å². The molecule has 10 heteroatoms. The van der Waals surface area contributed by atoms with Crippen LogP contribution in [0.25, 0.3) is 0 Å². The van der Waals surface area contributed by atoms with Crippen molar-refractivity contribution < 1.29 is 42.1 Å². The summed E-state index contributed by atoms with van der Waals surface area (Å²) in [6, 6.07) is 0. The summed E-state index contributed by atoms with van der Waals surface area (Å²) in [5.41, 5.74) is 0. The second-order valence-electron chi connectivity index (χ2n) is 21.3. The number of unbranched alkanes of at least 4 members (excludes halogenated alkanes) is 31. The lowest BCUT2D eigenvalue weighted by molar-refractivity contribution is -0.870. The smallest absolute Gasteiger partial charge is 0.306 e. The number of hydrogen-bond donors (Lipinski definition) is 0. The summed E-state index contributed by atoms with van der Waals surface area (Å²) in [7, 11) is 1.17. The highest BCUT2D eigenvalue weighted by molar-refractivity contribution is 7.45. The number of hydrogen-bond acceptors (Lipinski definition) is 8. The summed E-state index contributed by atoms with van der Waals surface area (Å²) in [5, 5.41) is 0. The van der Waals surface area contributed by atoms with Crippen LogP contribution in [0.3, 0.4) is 0 Å². The Morgan fingerprint density at radius 3 is 1.18 bits per heavy atom. The maximum Gasteiger partial charge on any atom is 0.306 e. The van der Waals surface area contributed by atoms with Crippen LogP contribution >= 0.6 is 7.82 Å². The number of quaternary nitrogens is 1. The van der Waals surface area contributed by atoms with Gasteiger partial charge in [-0.25, -0.2) is 0 Å². The van der Waals surface area contributed by atoms with Gasteiger partial charge in [0.15, 0.2) is 6.10 Å². The molecule has 0 aromatic heterocycles. The van der Waals surface area contributed by atoms with Crippen LogP contribution in [0, 0.1) is 0 Å². The maximum absolute atomic E-state index is 12.8. The number of ether oxygens (including phenoxy) is 2. The van der Waals surface area contributed by atoms with Gasteiger partial charge in [-0.2, -0.15) is 0 Å². The molecule has 0 amide bonds. The van der Waals surface area contributed by atoms with Crippen molar-refractivity contribution in [2.45, 2.75) is 277 Å². The number of likely N-dealkylation sites (N-methyl/N-ethyl adjacent to an activating group) is 1. The third-order valence-corrected chi connectivity index (χ3v) is 14.0. The zero-order valence-electron chi connectivity index (χ0n) is 47.6. The van der Waals surface area contributed by atoms with Crippen LogP contribution in [0.4, 0.5) is 0 Å². The summed E-state index contributed by atoms with van der Waals surface area (Å²) < 4.78 is 34.2. The van der Waals surface area contributed by atoms with E-state index >= 15 is 0 Å². The van der Waals surface area contributed by atoms with Gasteiger partial charge in [-0.3, -0.25) is 14.2 Å². The number of carbonyl (C=O) groups excluding carboxylic acids is 2. The average molecular weight is 1030 g/mol. The number of esters is 2. The summed E-state index contributed by atoms with van der Waals surface area (Å²) in [5.74, 6) is -0.822. The van der Waals surface area contributed by atoms with Crippen LogP contribution in [0.1, 0.15) is 271 Å². The van der Waals surface area contributed by atoms with Gasteiger partial charge >= 0.3 is 11.9 Å². The minimum atomic E-state index is -4.63. The summed E-state index contributed by atoms with van der Waals surface area (Å²) >= 11 is 0. The van der Waals surface area contributed by atoms with Crippen molar-refractivity contribution in [2.75, 3.05) is 47.5 Å². The van der Waals surface area contributed by atoms with Crippen LogP contribution in [0.2, 0.25) is 0 Å². The SMILES string of the molecule is CC/C=C\C/C=C\C/C=C\C/C=C\C/C=C\CCCCCCCCCCCCCCCCCC(=O)OC(COC(=O)CCCCCCCCCCCCCCCCCCC)COP(=O)([O-])OCC[N+](C)(C)C. The van der Waals surface area contributed by atoms with E-state index in [-0.39, 0.29) is 32.0 Å². The second-order valence-corrected chi connectivity index (χ2v) is 22.8. The average Bonchev–Trinajstić information content (AvgIpc) is 3.34. The lowest BCUT2D eigenvalue weighted by atomic mass is 10.0. The lowest BCUT2D eigenvalue weighted by Crippen LogP contribution is -2.37. The van der Waals surface area contributed by atoms with Crippen LogP contribution in [0.5, 0.6) is 0 Å². The molecule has 0 radical (unpaired) electrons. The predicted octanol–water partition coefficient (Wildman–Crippen LogP) is 18.1. The van der Waals surface area contributed by atoms with E-state index in [1.54, 1.807) is 0 Å². The van der Waals surface area contributed by atoms with Crippen LogP contribution in [-0.2, 0) is 32.7 Å². The van der Waals surface area contributed by atoms with Gasteiger partial charge < -0.3 is 27.9 Å². The highest BCUT2D eigenvalue weighted by Crippen LogP contribution is 2.38. The van der Waals surface area contributed by atoms with E-state index in [1.807, 2.05) is 21.1 Å². The number of phosphoric ester groups is 1. The molecule has 0 saturated carbocycles. The highest BCUT2D eigenvalue weighted by atomic mass is 31.2. The van der Waals surface area contributed by atoms with E-state index in [0.717, 1.165) is 70.6 Å². The molecule has 0 aromatic carbocycles. The van der Waals surface area contributed by atoms with E-state index in [1.165, 1.54) is 167 Å². The van der Waals surface area contributed by atoms with Crippen LogP contribution < -0.4 is 4.89 Å². The fraction of sp³-hybridized carbons (Fsp3) is 0.806. The predicted molar refractivity (Wildman–Crippen MR) is 305 cm³/mol. The number of carbonyl (C=O) groups is 2. The molecule has 0 spiro atoms. The molecule has 0 rings (SSSR count). The molecule has 0 N–H and O–H groups in total. The Bertz CT molecular complexity index is 1400. The Morgan fingerprint density at radius 1 is 0.444 bits per heavy atom. The minimum Gasteiger partial charge on any atom is -0.756 e. The summed E-state index contributed by atoms with van der Waals surface area (Å²) in [6.07, 6.45) is 68.4. The Balaban J connectivity index is 4.08. The number of phosphoric acid groups is 1. The first-order valence-electron chi connectivity index (χ1n) is 30.0. The second kappa shape index (κ2) is 53.5. The van der Waals surface area contributed by atoms with Gasteiger partial charge in [0.05, 0.1) is 27.7 Å². The molecule has 0 bridgehead atoms. The third-order valence-electron chi connectivity index (χ3n) is 13.1. The first kappa shape index (κ1) is 69.7. The van der Waals surface area contributed by atoms with E-state index in [0.29, 0.717) is 17.4 Å². The van der Waals surface area contributed by atoms with Crippen molar-refractivity contribution in [1.29, 1.82) is 0 Å².